The van der Waals surface area contributed by atoms with Crippen LogP contribution in [0.1, 0.15) is 61.5 Å². The minimum Gasteiger partial charge on any atom is -0.369 e. The molecule has 1 N–H and O–H groups in total. The lowest BCUT2D eigenvalue weighted by molar-refractivity contribution is -0.188. The Labute approximate surface area is 154 Å². The number of hydrogen-bond donors (Lipinski definition) is 1. The van der Waals surface area contributed by atoms with Gasteiger partial charge in [-0.3, -0.25) is 4.79 Å². The van der Waals surface area contributed by atoms with Crippen molar-refractivity contribution in [3.8, 4) is 0 Å². The molecule has 0 radical (unpaired) electrons. The summed E-state index contributed by atoms with van der Waals surface area (Å²) in [6, 6.07) is 1.46. The topological polar surface area (TPSA) is 77.2 Å². The van der Waals surface area contributed by atoms with Gasteiger partial charge in [0.25, 0.3) is 11.6 Å². The number of carbonyl (C=O) groups excluding carboxylic acids is 1. The summed E-state index contributed by atoms with van der Waals surface area (Å²) < 4.78 is 47.1. The SMILES string of the molecule is CC(C)c1noc2ncc(C(=O)N[C@H]3CCC[C@H](OCC(F)(F)F)C3)cc12. The molecule has 0 unspecified atom stereocenters. The molecule has 1 aliphatic rings. The maximum atomic E-state index is 12.6. The van der Waals surface area contributed by atoms with Crippen molar-refractivity contribution >= 4 is 17.0 Å². The maximum absolute atomic E-state index is 12.6. The van der Waals surface area contributed by atoms with Crippen molar-refractivity contribution in [1.29, 1.82) is 0 Å². The van der Waals surface area contributed by atoms with Crippen LogP contribution in [-0.2, 0) is 4.74 Å². The highest BCUT2D eigenvalue weighted by Gasteiger charge is 2.31. The Morgan fingerprint density at radius 1 is 1.41 bits per heavy atom. The minimum atomic E-state index is -4.34. The lowest BCUT2D eigenvalue weighted by atomic mass is 9.92. The average molecular weight is 385 g/mol. The molecule has 148 valence electrons. The fourth-order valence-corrected chi connectivity index (χ4v) is 3.30. The Balaban J connectivity index is 1.64. The Kier molecular flexibility index (Phi) is 5.69. The van der Waals surface area contributed by atoms with Crippen LogP contribution in [0.25, 0.3) is 11.1 Å². The van der Waals surface area contributed by atoms with E-state index in [0.717, 1.165) is 5.69 Å². The van der Waals surface area contributed by atoms with Gasteiger partial charge in [-0.15, -0.1) is 0 Å². The third kappa shape index (κ3) is 4.97. The van der Waals surface area contributed by atoms with E-state index >= 15 is 0 Å². The molecule has 1 aliphatic carbocycles. The molecule has 6 nitrogen and oxygen atoms in total. The maximum Gasteiger partial charge on any atom is 0.411 e. The normalized spacial score (nSPS) is 21.0. The van der Waals surface area contributed by atoms with Crippen LogP contribution in [-0.4, -0.2) is 41.0 Å². The number of nitrogens with one attached hydrogen (secondary N) is 1. The molecule has 27 heavy (non-hydrogen) atoms. The van der Waals surface area contributed by atoms with E-state index in [9.17, 15) is 18.0 Å². The van der Waals surface area contributed by atoms with Crippen molar-refractivity contribution < 1.29 is 27.2 Å². The summed E-state index contributed by atoms with van der Waals surface area (Å²) >= 11 is 0. The molecule has 2 heterocycles. The number of amides is 1. The van der Waals surface area contributed by atoms with Gasteiger partial charge >= 0.3 is 6.18 Å². The highest BCUT2D eigenvalue weighted by Crippen LogP contribution is 2.26. The van der Waals surface area contributed by atoms with Crippen LogP contribution in [0.5, 0.6) is 0 Å². The molecule has 1 amide bonds. The second-order valence-electron chi connectivity index (χ2n) is 7.18. The van der Waals surface area contributed by atoms with Crippen molar-refractivity contribution in [3.63, 3.8) is 0 Å². The number of fused-ring (bicyclic) bond motifs is 1. The van der Waals surface area contributed by atoms with E-state index in [-0.39, 0.29) is 17.9 Å². The van der Waals surface area contributed by atoms with Gasteiger partial charge in [-0.25, -0.2) is 4.98 Å². The van der Waals surface area contributed by atoms with E-state index in [4.69, 9.17) is 9.26 Å². The number of alkyl halides is 3. The monoisotopic (exact) mass is 385 g/mol. The van der Waals surface area contributed by atoms with Gasteiger partial charge in [0.15, 0.2) is 0 Å². The number of aromatic nitrogens is 2. The number of halogens is 3. The number of ether oxygens (including phenoxy) is 1. The standard InChI is InChI=1S/C18H22F3N3O3/c1-10(2)15-14-6-11(8-22-17(14)27-24-15)16(25)23-12-4-3-5-13(7-12)26-9-18(19,20)21/h6,8,10,12-13H,3-5,7,9H2,1-2H3,(H,23,25)/t12-,13-/m0/s1. The molecule has 0 saturated heterocycles. The Morgan fingerprint density at radius 3 is 2.89 bits per heavy atom. The Hall–Kier alpha value is -2.16. The molecule has 9 heteroatoms. The molecule has 3 rings (SSSR count). The average Bonchev–Trinajstić information content (AvgIpc) is 3.03. The second-order valence-corrected chi connectivity index (χ2v) is 7.18. The number of carbonyl (C=O) groups is 1. The van der Waals surface area contributed by atoms with Gasteiger partial charge in [-0.05, 0) is 37.7 Å². The van der Waals surface area contributed by atoms with Gasteiger partial charge in [0.05, 0.1) is 22.7 Å². The summed E-state index contributed by atoms with van der Waals surface area (Å²) in [7, 11) is 0. The van der Waals surface area contributed by atoms with Gasteiger partial charge < -0.3 is 14.6 Å². The lowest BCUT2D eigenvalue weighted by Crippen LogP contribution is -2.41. The summed E-state index contributed by atoms with van der Waals surface area (Å²) in [4.78, 5) is 16.7. The van der Waals surface area contributed by atoms with E-state index < -0.39 is 18.9 Å². The predicted molar refractivity (Wildman–Crippen MR) is 91.4 cm³/mol. The molecule has 0 aliphatic heterocycles. The highest BCUT2D eigenvalue weighted by molar-refractivity contribution is 5.97. The fourth-order valence-electron chi connectivity index (χ4n) is 3.30. The van der Waals surface area contributed by atoms with Gasteiger partial charge in [0, 0.05) is 12.2 Å². The molecule has 0 spiro atoms. The van der Waals surface area contributed by atoms with Crippen LogP contribution in [0.4, 0.5) is 13.2 Å². The Bertz CT molecular complexity index is 804. The second kappa shape index (κ2) is 7.84. The summed E-state index contributed by atoms with van der Waals surface area (Å²) in [6.45, 7) is 2.67. The molecule has 0 aromatic carbocycles. The zero-order valence-electron chi connectivity index (χ0n) is 15.2. The van der Waals surface area contributed by atoms with Crippen LogP contribution in [0.3, 0.4) is 0 Å². The first-order valence-electron chi connectivity index (χ1n) is 8.97. The quantitative estimate of drug-likeness (QED) is 0.843. The van der Waals surface area contributed by atoms with Crippen molar-refractivity contribution in [1.82, 2.24) is 15.5 Å². The number of rotatable bonds is 5. The fraction of sp³-hybridized carbons (Fsp3) is 0.611. The van der Waals surface area contributed by atoms with E-state index in [1.54, 1.807) is 6.07 Å². The number of nitrogens with zero attached hydrogens (tertiary/aromatic N) is 2. The van der Waals surface area contributed by atoms with Gasteiger partial charge in [0.2, 0.25) is 0 Å². The smallest absolute Gasteiger partial charge is 0.369 e. The molecule has 2 aromatic rings. The summed E-state index contributed by atoms with van der Waals surface area (Å²) in [5.74, 6) is -0.196. The zero-order chi connectivity index (χ0) is 19.6. The molecule has 2 atom stereocenters. The van der Waals surface area contributed by atoms with E-state index in [1.165, 1.54) is 6.20 Å². The molecule has 0 bridgehead atoms. The minimum absolute atomic E-state index is 0.122. The van der Waals surface area contributed by atoms with E-state index in [1.807, 2.05) is 13.8 Å². The molecular formula is C18H22F3N3O3. The van der Waals surface area contributed by atoms with Crippen LogP contribution < -0.4 is 5.32 Å². The first-order chi connectivity index (χ1) is 12.7. The molecule has 1 saturated carbocycles. The largest absolute Gasteiger partial charge is 0.411 e. The lowest BCUT2D eigenvalue weighted by Gasteiger charge is -2.30. The highest BCUT2D eigenvalue weighted by atomic mass is 19.4. The molecular weight excluding hydrogens is 363 g/mol. The van der Waals surface area contributed by atoms with Crippen molar-refractivity contribution in [2.75, 3.05) is 6.61 Å². The number of pyridine rings is 1. The third-order valence-corrected chi connectivity index (χ3v) is 4.61. The summed E-state index contributed by atoms with van der Waals surface area (Å²) in [6.07, 6.45) is -1.10. The van der Waals surface area contributed by atoms with Crippen LogP contribution in [0.15, 0.2) is 16.8 Å². The first kappa shape index (κ1) is 19.6. The van der Waals surface area contributed by atoms with E-state index in [0.29, 0.717) is 42.3 Å². The summed E-state index contributed by atoms with van der Waals surface area (Å²) in [5, 5.41) is 7.55. The molecule has 2 aromatic heterocycles. The van der Waals surface area contributed by atoms with Gasteiger partial charge in [-0.1, -0.05) is 19.0 Å². The van der Waals surface area contributed by atoms with Gasteiger partial charge in [-0.2, -0.15) is 13.2 Å². The van der Waals surface area contributed by atoms with Gasteiger partial charge in [0.1, 0.15) is 6.61 Å². The number of hydrogen-bond acceptors (Lipinski definition) is 5. The van der Waals surface area contributed by atoms with Crippen molar-refractivity contribution in [3.05, 3.63) is 23.5 Å². The third-order valence-electron chi connectivity index (χ3n) is 4.61. The first-order valence-corrected chi connectivity index (χ1v) is 8.97. The van der Waals surface area contributed by atoms with Crippen LogP contribution >= 0.6 is 0 Å². The van der Waals surface area contributed by atoms with Crippen LogP contribution in [0.2, 0.25) is 0 Å². The van der Waals surface area contributed by atoms with Crippen molar-refractivity contribution in [2.45, 2.75) is 63.8 Å². The van der Waals surface area contributed by atoms with E-state index in [2.05, 4.69) is 15.5 Å². The molecule has 1 fully saturated rings. The Morgan fingerprint density at radius 2 is 2.19 bits per heavy atom. The van der Waals surface area contributed by atoms with Crippen molar-refractivity contribution in [2.24, 2.45) is 0 Å². The predicted octanol–water partition coefficient (Wildman–Crippen LogP) is 3.97. The van der Waals surface area contributed by atoms with Crippen LogP contribution in [0, 0.1) is 0 Å². The zero-order valence-corrected chi connectivity index (χ0v) is 15.2. The summed E-state index contributed by atoms with van der Waals surface area (Å²) in [5.41, 5.74) is 1.46.